The Labute approximate surface area is 208 Å². The van der Waals surface area contributed by atoms with Crippen LogP contribution in [0.25, 0.3) is 0 Å². The van der Waals surface area contributed by atoms with Crippen molar-refractivity contribution in [2.75, 3.05) is 6.79 Å². The van der Waals surface area contributed by atoms with Gasteiger partial charge in [0.05, 0.1) is 12.4 Å². The number of para-hydroxylation sites is 1. The fourth-order valence-corrected chi connectivity index (χ4v) is 2.96. The number of carboxylic acid groups (broad SMARTS) is 1. The van der Waals surface area contributed by atoms with Gasteiger partial charge < -0.3 is 29.6 Å². The quantitative estimate of drug-likeness (QED) is 0.274. The van der Waals surface area contributed by atoms with Crippen LogP contribution in [0, 0.1) is 0 Å². The van der Waals surface area contributed by atoms with E-state index in [1.54, 1.807) is 43.6 Å². The number of fused-ring (bicyclic) bond motifs is 1. The Morgan fingerprint density at radius 2 is 1.89 bits per heavy atom. The molecule has 0 fully saturated rings. The molecule has 0 spiro atoms. The second-order valence-corrected chi connectivity index (χ2v) is 7.44. The number of amides is 1. The molecule has 3 N–H and O–H groups in total. The molecule has 0 radical (unpaired) electrons. The molecule has 0 bridgehead atoms. The molecule has 1 atom stereocenters. The van der Waals surface area contributed by atoms with Gasteiger partial charge in [0.2, 0.25) is 12.7 Å². The van der Waals surface area contributed by atoms with Crippen LogP contribution in [-0.4, -0.2) is 65.0 Å². The van der Waals surface area contributed by atoms with Gasteiger partial charge >= 0.3 is 31.2 Å². The summed E-state index contributed by atoms with van der Waals surface area (Å²) in [5.41, 5.74) is 1.41. The highest BCUT2D eigenvalue weighted by Crippen LogP contribution is 2.30. The average Bonchev–Trinajstić information content (AvgIpc) is 2.84. The van der Waals surface area contributed by atoms with Crippen LogP contribution in [0.5, 0.6) is 5.75 Å². The van der Waals surface area contributed by atoms with Gasteiger partial charge in [0.15, 0.2) is 0 Å². The first kappa shape index (κ1) is 29.1. The van der Waals surface area contributed by atoms with Crippen molar-refractivity contribution in [3.05, 3.63) is 59.4 Å². The number of carbonyl (C=O) groups is 4. The number of pyridine rings is 1. The normalized spacial score (nSPS) is 14.2. The monoisotopic (exact) mass is 526 g/mol. The maximum Gasteiger partial charge on any atom is 0.547 e. The Hall–Kier alpha value is -4.14. The number of halogens is 3. The molecule has 1 aliphatic rings. The van der Waals surface area contributed by atoms with Crippen molar-refractivity contribution in [1.82, 2.24) is 10.3 Å². The van der Waals surface area contributed by atoms with Crippen molar-refractivity contribution in [3.63, 3.8) is 0 Å². The molecule has 0 aliphatic carbocycles. The maximum absolute atomic E-state index is 12.4. The third-order valence-electron chi connectivity index (χ3n) is 4.73. The smallest absolute Gasteiger partial charge is 0.534 e. The van der Waals surface area contributed by atoms with E-state index in [1.807, 2.05) is 0 Å². The van der Waals surface area contributed by atoms with Crippen LogP contribution in [0.4, 0.5) is 13.2 Å². The van der Waals surface area contributed by atoms with Gasteiger partial charge in [-0.3, -0.25) is 14.6 Å². The molecule has 0 saturated heterocycles. The zero-order valence-corrected chi connectivity index (χ0v) is 19.4. The van der Waals surface area contributed by atoms with E-state index in [0.717, 1.165) is 0 Å². The first-order valence-electron chi connectivity index (χ1n) is 10.7. The van der Waals surface area contributed by atoms with Crippen LogP contribution in [-0.2, 0) is 36.7 Å². The zero-order chi connectivity index (χ0) is 27.6. The number of alkyl halides is 3. The largest absolute Gasteiger partial charge is 0.547 e. The highest BCUT2D eigenvalue weighted by atomic mass is 19.4. The Kier molecular flexibility index (Phi) is 10.4. The Morgan fingerprint density at radius 1 is 1.19 bits per heavy atom. The maximum atomic E-state index is 12.4. The molecular formula is C22H22BF3N2O9. The topological polar surface area (TPSA) is 161 Å². The molecule has 2 aromatic rings. The zero-order valence-electron chi connectivity index (χ0n) is 19.4. The van der Waals surface area contributed by atoms with Gasteiger partial charge in [-0.15, -0.1) is 0 Å². The molecule has 1 aliphatic heterocycles. The van der Waals surface area contributed by atoms with Crippen molar-refractivity contribution in [1.29, 1.82) is 0 Å². The number of hydrogen-bond donors (Lipinski definition) is 3. The summed E-state index contributed by atoms with van der Waals surface area (Å²) in [6.45, 7) is 1.15. The molecule has 1 aromatic heterocycles. The number of esters is 2. The van der Waals surface area contributed by atoms with Crippen molar-refractivity contribution in [2.45, 2.75) is 38.3 Å². The molecule has 3 rings (SSSR count). The molecule has 37 heavy (non-hydrogen) atoms. The van der Waals surface area contributed by atoms with E-state index < -0.39 is 43.9 Å². The number of aliphatic carboxylic acids is 1. The number of carbonyl (C=O) groups excluding carboxylic acids is 3. The predicted octanol–water partition coefficient (Wildman–Crippen LogP) is 1.46. The highest BCUT2D eigenvalue weighted by Gasteiger charge is 2.38. The first-order chi connectivity index (χ1) is 17.4. The molecule has 198 valence electrons. The second-order valence-electron chi connectivity index (χ2n) is 7.44. The summed E-state index contributed by atoms with van der Waals surface area (Å²) in [5, 5.41) is 20.0. The molecule has 2 heterocycles. The number of rotatable bonds is 7. The molecule has 1 aromatic carbocycles. The lowest BCUT2D eigenvalue weighted by Crippen LogP contribution is -2.53. The van der Waals surface area contributed by atoms with Gasteiger partial charge in [-0.05, 0) is 29.7 Å². The minimum Gasteiger partial charge on any atom is -0.534 e. The van der Waals surface area contributed by atoms with E-state index in [9.17, 15) is 32.6 Å². The van der Waals surface area contributed by atoms with Crippen LogP contribution in [0.15, 0.2) is 42.7 Å². The number of carboxylic acids is 1. The standard InChI is InChI=1S/C20H21BN2O7.C2HF3O2/c1-2-17(24)23-16-10-14-6-3-7-15(19(14)30-21(16)27)20(26)29-12-28-18(25)9-13-5-4-8-22-11-13;3-2(4,5)1(6)7/h3-8,11,16,27H,2,9-10,12H2,1H3,(H,23,24);(H,6,7)/t16-;/m0./s1. The summed E-state index contributed by atoms with van der Waals surface area (Å²) in [7, 11) is -1.31. The van der Waals surface area contributed by atoms with Gasteiger partial charge in [0, 0.05) is 18.8 Å². The van der Waals surface area contributed by atoms with Crippen molar-refractivity contribution in [2.24, 2.45) is 0 Å². The van der Waals surface area contributed by atoms with E-state index in [2.05, 4.69) is 10.3 Å². The highest BCUT2D eigenvalue weighted by molar-refractivity contribution is 6.47. The summed E-state index contributed by atoms with van der Waals surface area (Å²) >= 11 is 0. The van der Waals surface area contributed by atoms with Crippen molar-refractivity contribution in [3.8, 4) is 5.75 Å². The summed E-state index contributed by atoms with van der Waals surface area (Å²) in [6, 6.07) is 8.29. The Bertz CT molecular complexity index is 1120. The van der Waals surface area contributed by atoms with Crippen LogP contribution in [0.3, 0.4) is 0 Å². The van der Waals surface area contributed by atoms with Gasteiger partial charge in [-0.2, -0.15) is 13.2 Å². The third-order valence-corrected chi connectivity index (χ3v) is 4.73. The number of benzene rings is 1. The van der Waals surface area contributed by atoms with Gasteiger partial charge in [-0.25, -0.2) is 9.59 Å². The lowest BCUT2D eigenvalue weighted by molar-refractivity contribution is -0.192. The van der Waals surface area contributed by atoms with Gasteiger partial charge in [0.1, 0.15) is 11.3 Å². The molecule has 11 nitrogen and oxygen atoms in total. The minimum atomic E-state index is -5.08. The summed E-state index contributed by atoms with van der Waals surface area (Å²) in [5.74, 6) is -4.73. The van der Waals surface area contributed by atoms with Crippen molar-refractivity contribution < 1.29 is 56.6 Å². The second kappa shape index (κ2) is 13.2. The van der Waals surface area contributed by atoms with Crippen molar-refractivity contribution >= 4 is 30.9 Å². The SMILES string of the molecule is CCC(=O)N[C@H]1Cc2cccc(C(=O)OCOC(=O)Cc3cccnc3)c2OB1O.O=C(O)C(F)(F)F. The summed E-state index contributed by atoms with van der Waals surface area (Å²) in [4.78, 5) is 48.6. The molecular weight excluding hydrogens is 504 g/mol. The fourth-order valence-electron chi connectivity index (χ4n) is 2.96. The number of aromatic nitrogens is 1. The van der Waals surface area contributed by atoms with Crippen LogP contribution in [0.1, 0.15) is 34.8 Å². The minimum absolute atomic E-state index is 0.00625. The number of nitrogens with one attached hydrogen (secondary N) is 1. The summed E-state index contributed by atoms with van der Waals surface area (Å²) < 4.78 is 47.2. The summed E-state index contributed by atoms with van der Waals surface area (Å²) in [6.07, 6.45) is -1.36. The fraction of sp³-hybridized carbons (Fsp3) is 0.318. The van der Waals surface area contributed by atoms with Crippen LogP contribution in [0.2, 0.25) is 0 Å². The Morgan fingerprint density at radius 3 is 2.49 bits per heavy atom. The number of hydrogen-bond acceptors (Lipinski definition) is 9. The van der Waals surface area contributed by atoms with Gasteiger partial charge in [0.25, 0.3) is 0 Å². The van der Waals surface area contributed by atoms with Crippen LogP contribution < -0.4 is 9.97 Å². The molecule has 0 unspecified atom stereocenters. The van der Waals surface area contributed by atoms with E-state index in [-0.39, 0.29) is 30.1 Å². The van der Waals surface area contributed by atoms with E-state index >= 15 is 0 Å². The van der Waals surface area contributed by atoms with Crippen LogP contribution >= 0.6 is 0 Å². The molecule has 1 amide bonds. The third kappa shape index (κ3) is 9.11. The number of nitrogens with zero attached hydrogens (tertiary/aromatic N) is 1. The Balaban J connectivity index is 0.000000604. The predicted molar refractivity (Wildman–Crippen MR) is 119 cm³/mol. The lowest BCUT2D eigenvalue weighted by Gasteiger charge is -2.29. The van der Waals surface area contributed by atoms with E-state index in [4.69, 9.17) is 24.0 Å². The molecule has 15 heteroatoms. The molecule has 0 saturated carbocycles. The first-order valence-corrected chi connectivity index (χ1v) is 10.7. The van der Waals surface area contributed by atoms with E-state index in [0.29, 0.717) is 17.5 Å². The number of ether oxygens (including phenoxy) is 2. The van der Waals surface area contributed by atoms with E-state index in [1.165, 1.54) is 6.07 Å². The average molecular weight is 526 g/mol. The van der Waals surface area contributed by atoms with Gasteiger partial charge in [-0.1, -0.05) is 25.1 Å². The lowest BCUT2D eigenvalue weighted by atomic mass is 9.72.